The summed E-state index contributed by atoms with van der Waals surface area (Å²) in [5, 5.41) is 0. The van der Waals surface area contributed by atoms with Crippen molar-refractivity contribution in [3.8, 4) is 5.69 Å². The van der Waals surface area contributed by atoms with Gasteiger partial charge in [0.1, 0.15) is 5.82 Å². The van der Waals surface area contributed by atoms with Gasteiger partial charge in [0.15, 0.2) is 0 Å². The molecule has 25 heavy (non-hydrogen) atoms. The van der Waals surface area contributed by atoms with E-state index >= 15 is 0 Å². The molecule has 4 rings (SSSR count). The van der Waals surface area contributed by atoms with E-state index in [1.165, 1.54) is 26.1 Å². The minimum absolute atomic E-state index is 0.132. The molecule has 1 aliphatic heterocycles. The first-order valence-electron chi connectivity index (χ1n) is 7.89. The molecule has 0 saturated carbocycles. The number of thiazole rings is 1. The first-order chi connectivity index (χ1) is 12.0. The van der Waals surface area contributed by atoms with Gasteiger partial charge in [-0.1, -0.05) is 17.4 Å². The Morgan fingerprint density at radius 3 is 2.36 bits per heavy atom. The number of hydrogen-bond acceptors (Lipinski definition) is 4. The van der Waals surface area contributed by atoms with Gasteiger partial charge in [-0.25, -0.2) is 27.9 Å². The van der Waals surface area contributed by atoms with Crippen LogP contribution in [0.2, 0.25) is 0 Å². The lowest BCUT2D eigenvalue weighted by molar-refractivity contribution is 0.348. The average molecular weight is 362 g/mol. The van der Waals surface area contributed by atoms with Crippen molar-refractivity contribution in [2.45, 2.75) is 32.5 Å². The molecule has 2 aromatic heterocycles. The van der Waals surface area contributed by atoms with Gasteiger partial charge in [0.05, 0.1) is 15.9 Å². The predicted molar refractivity (Wildman–Crippen MR) is 93.3 cm³/mol. The number of aromatic nitrogens is 4. The Labute approximate surface area is 144 Å². The van der Waals surface area contributed by atoms with E-state index in [2.05, 4.69) is 6.58 Å². The van der Waals surface area contributed by atoms with Crippen LogP contribution in [0.5, 0.6) is 0 Å². The van der Waals surface area contributed by atoms with Gasteiger partial charge in [0, 0.05) is 19.6 Å². The van der Waals surface area contributed by atoms with Crippen LogP contribution in [0.15, 0.2) is 39.2 Å². The average Bonchev–Trinajstić information content (AvgIpc) is 3.03. The van der Waals surface area contributed by atoms with E-state index in [1.807, 2.05) is 0 Å². The molecule has 0 N–H and O–H groups in total. The molecular formula is C16H15FN4O3S. The zero-order valence-electron chi connectivity index (χ0n) is 13.3. The van der Waals surface area contributed by atoms with Crippen molar-refractivity contribution >= 4 is 21.6 Å². The Hall–Kier alpha value is -2.68. The summed E-state index contributed by atoms with van der Waals surface area (Å²) < 4.78 is 20.1. The number of rotatable bonds is 3. The molecule has 0 saturated heterocycles. The molecule has 9 heteroatoms. The highest BCUT2D eigenvalue weighted by molar-refractivity contribution is 7.16. The van der Waals surface area contributed by atoms with Crippen molar-refractivity contribution < 1.29 is 4.39 Å². The number of benzene rings is 1. The summed E-state index contributed by atoms with van der Waals surface area (Å²) >= 11 is 0.916. The van der Waals surface area contributed by atoms with E-state index in [9.17, 15) is 18.8 Å². The molecule has 1 aromatic carbocycles. The third-order valence-corrected chi connectivity index (χ3v) is 5.34. The highest BCUT2D eigenvalue weighted by atomic mass is 32.1. The summed E-state index contributed by atoms with van der Waals surface area (Å²) in [6, 6.07) is 2.59. The molecule has 0 unspecified atom stereocenters. The van der Waals surface area contributed by atoms with E-state index in [0.29, 0.717) is 23.3 Å². The molecule has 7 nitrogen and oxygen atoms in total. The smallest absolute Gasteiger partial charge is 0.295 e. The molecule has 0 atom stereocenters. The molecule has 0 aliphatic carbocycles. The van der Waals surface area contributed by atoms with Crippen molar-refractivity contribution in [3.63, 3.8) is 0 Å². The van der Waals surface area contributed by atoms with Crippen molar-refractivity contribution in [3.05, 3.63) is 61.2 Å². The number of hydrogen-bond donors (Lipinski definition) is 0. The quantitative estimate of drug-likeness (QED) is 0.660. The summed E-state index contributed by atoms with van der Waals surface area (Å²) in [6.07, 6.45) is 3.16. The summed E-state index contributed by atoms with van der Waals surface area (Å²) in [6.45, 7) is 4.75. The lowest BCUT2D eigenvalue weighted by atomic mass is 10.2. The van der Waals surface area contributed by atoms with Crippen LogP contribution in [-0.2, 0) is 19.6 Å². The second kappa shape index (κ2) is 5.69. The Balaban J connectivity index is 2.04. The molecule has 0 spiro atoms. The predicted octanol–water partition coefficient (Wildman–Crippen LogP) is 1.30. The Morgan fingerprint density at radius 2 is 1.76 bits per heavy atom. The number of halogens is 1. The van der Waals surface area contributed by atoms with Crippen LogP contribution in [0.1, 0.15) is 12.8 Å². The van der Waals surface area contributed by atoms with Crippen molar-refractivity contribution in [1.82, 2.24) is 18.5 Å². The molecule has 1 aliphatic rings. The fourth-order valence-corrected chi connectivity index (χ4v) is 4.13. The van der Waals surface area contributed by atoms with Crippen LogP contribution in [0, 0.1) is 5.82 Å². The van der Waals surface area contributed by atoms with Crippen molar-refractivity contribution in [2.24, 2.45) is 0 Å². The molecule has 3 heterocycles. The second-order valence-corrected chi connectivity index (χ2v) is 6.89. The van der Waals surface area contributed by atoms with Crippen LogP contribution in [0.4, 0.5) is 4.39 Å². The number of allylic oxidation sites excluding steroid dienone is 1. The van der Waals surface area contributed by atoms with Crippen LogP contribution in [0.3, 0.4) is 0 Å². The summed E-state index contributed by atoms with van der Waals surface area (Å²) in [5.41, 5.74) is -0.772. The monoisotopic (exact) mass is 362 g/mol. The molecule has 0 amide bonds. The van der Waals surface area contributed by atoms with Crippen LogP contribution in [0.25, 0.3) is 15.9 Å². The van der Waals surface area contributed by atoms with Crippen molar-refractivity contribution in [2.75, 3.05) is 0 Å². The fraction of sp³-hybridized carbons (Fsp3) is 0.312. The summed E-state index contributed by atoms with van der Waals surface area (Å²) in [5.74, 6) is -0.706. The van der Waals surface area contributed by atoms with E-state index in [4.69, 9.17) is 0 Å². The van der Waals surface area contributed by atoms with Crippen LogP contribution >= 0.6 is 11.3 Å². The highest BCUT2D eigenvalue weighted by Gasteiger charge is 2.22. The van der Waals surface area contributed by atoms with Gasteiger partial charge in [-0.2, -0.15) is 0 Å². The van der Waals surface area contributed by atoms with E-state index < -0.39 is 17.2 Å². The largest absolute Gasteiger partial charge is 0.351 e. The summed E-state index contributed by atoms with van der Waals surface area (Å²) in [7, 11) is 0. The third kappa shape index (κ3) is 2.26. The van der Waals surface area contributed by atoms with E-state index in [-0.39, 0.29) is 17.1 Å². The Bertz CT molecular complexity index is 1140. The maximum Gasteiger partial charge on any atom is 0.351 e. The first-order valence-corrected chi connectivity index (χ1v) is 8.71. The molecule has 0 bridgehead atoms. The third-order valence-electron chi connectivity index (χ3n) is 4.39. The van der Waals surface area contributed by atoms with Gasteiger partial charge in [0.25, 0.3) is 0 Å². The molecule has 130 valence electrons. The number of fused-ring (bicyclic) bond motifs is 2. The Morgan fingerprint density at radius 1 is 1.12 bits per heavy atom. The standard InChI is InChI=1S/C16H15FN4O3S/c1-2-5-18-12-9-11(10(17)8-13(12)25-16(18)24)21-14(22)19-6-3-4-7-20(19)15(21)23/h2,8-9H,1,3-7H2. The number of nitrogens with zero attached hydrogens (tertiary/aromatic N) is 4. The van der Waals surface area contributed by atoms with Gasteiger partial charge in [-0.3, -0.25) is 9.36 Å². The van der Waals surface area contributed by atoms with Crippen molar-refractivity contribution in [1.29, 1.82) is 0 Å². The maximum absolute atomic E-state index is 14.6. The fourth-order valence-electron chi connectivity index (χ4n) is 3.23. The zero-order chi connectivity index (χ0) is 17.7. The molecule has 0 radical (unpaired) electrons. The second-order valence-electron chi connectivity index (χ2n) is 5.89. The minimum atomic E-state index is -0.706. The minimum Gasteiger partial charge on any atom is -0.295 e. The van der Waals surface area contributed by atoms with Crippen LogP contribution in [-0.4, -0.2) is 18.5 Å². The first kappa shape index (κ1) is 15.8. The Kier molecular flexibility index (Phi) is 3.60. The SMILES string of the molecule is C=CCn1c(=O)sc2cc(F)c(-n3c(=O)n4n(c3=O)CCCC4)cc21. The maximum atomic E-state index is 14.6. The van der Waals surface area contributed by atoms with E-state index in [1.54, 1.807) is 6.08 Å². The summed E-state index contributed by atoms with van der Waals surface area (Å²) in [4.78, 5) is 37.0. The molecule has 3 aromatic rings. The lowest BCUT2D eigenvalue weighted by Crippen LogP contribution is -2.30. The molecule has 0 fully saturated rings. The van der Waals surface area contributed by atoms with Crippen LogP contribution < -0.4 is 16.3 Å². The van der Waals surface area contributed by atoms with Gasteiger partial charge in [-0.05, 0) is 25.0 Å². The van der Waals surface area contributed by atoms with Gasteiger partial charge >= 0.3 is 16.3 Å². The lowest BCUT2D eigenvalue weighted by Gasteiger charge is -2.13. The van der Waals surface area contributed by atoms with Gasteiger partial charge in [-0.15, -0.1) is 6.58 Å². The van der Waals surface area contributed by atoms with E-state index in [0.717, 1.165) is 28.7 Å². The highest BCUT2D eigenvalue weighted by Crippen LogP contribution is 2.23. The normalized spacial score (nSPS) is 14.0. The zero-order valence-corrected chi connectivity index (χ0v) is 14.1. The van der Waals surface area contributed by atoms with Gasteiger partial charge in [0.2, 0.25) is 0 Å². The van der Waals surface area contributed by atoms with Gasteiger partial charge < -0.3 is 0 Å². The molecular weight excluding hydrogens is 347 g/mol. The topological polar surface area (TPSA) is 70.9 Å².